The fourth-order valence-electron chi connectivity index (χ4n) is 4.20. The monoisotopic (exact) mass is 364 g/mol. The molecule has 2 fully saturated rings. The number of rotatable bonds is 2. The van der Waals surface area contributed by atoms with E-state index in [1.165, 1.54) is 11.8 Å². The first kappa shape index (κ1) is 16.3. The van der Waals surface area contributed by atoms with Crippen LogP contribution in [0.5, 0.6) is 0 Å². The first-order chi connectivity index (χ1) is 11.6. The highest BCUT2D eigenvalue weighted by Crippen LogP contribution is 2.46. The molecule has 0 radical (unpaired) electrons. The summed E-state index contributed by atoms with van der Waals surface area (Å²) >= 11 is 1.47. The van der Waals surface area contributed by atoms with Crippen molar-refractivity contribution in [2.75, 3.05) is 17.7 Å². The molecule has 0 N–H and O–H groups in total. The number of hydrogen-bond acceptors (Lipinski definition) is 5. The van der Waals surface area contributed by atoms with Crippen LogP contribution in [0, 0.1) is 5.41 Å². The number of hydrogen-bond donors (Lipinski definition) is 0. The fourth-order valence-corrected chi connectivity index (χ4v) is 4.91. The SMILES string of the molecule is CSc1ncc2c(n1)N(C1CCCC1)C(=O)C1(CCN(P)C1=O)C2. The highest BCUT2D eigenvalue weighted by molar-refractivity contribution is 7.98. The molecule has 128 valence electrons. The molecule has 3 aliphatic rings. The molecule has 0 bridgehead atoms. The summed E-state index contributed by atoms with van der Waals surface area (Å²) in [5.41, 5.74) is -0.0327. The van der Waals surface area contributed by atoms with Crippen molar-refractivity contribution in [3.8, 4) is 0 Å². The number of anilines is 1. The van der Waals surface area contributed by atoms with Crippen molar-refractivity contribution < 1.29 is 9.59 Å². The van der Waals surface area contributed by atoms with Gasteiger partial charge in [-0.15, -0.1) is 0 Å². The zero-order valence-electron chi connectivity index (χ0n) is 13.7. The van der Waals surface area contributed by atoms with Gasteiger partial charge in [0, 0.05) is 30.8 Å². The molecule has 0 aromatic carbocycles. The molecule has 6 nitrogen and oxygen atoms in total. The van der Waals surface area contributed by atoms with Gasteiger partial charge in [0.15, 0.2) is 5.16 Å². The third kappa shape index (κ3) is 2.28. The van der Waals surface area contributed by atoms with Crippen LogP contribution < -0.4 is 4.90 Å². The molecule has 1 aliphatic carbocycles. The Morgan fingerprint density at radius 2 is 2.04 bits per heavy atom. The lowest BCUT2D eigenvalue weighted by Gasteiger charge is -2.41. The van der Waals surface area contributed by atoms with Gasteiger partial charge in [0.1, 0.15) is 11.2 Å². The normalized spacial score (nSPS) is 27.4. The largest absolute Gasteiger partial charge is 0.326 e. The molecule has 2 amide bonds. The maximum absolute atomic E-state index is 13.5. The van der Waals surface area contributed by atoms with Gasteiger partial charge in [-0.2, -0.15) is 0 Å². The quantitative estimate of drug-likeness (QED) is 0.348. The Bertz CT molecular complexity index is 709. The smallest absolute Gasteiger partial charge is 0.244 e. The Morgan fingerprint density at radius 3 is 2.67 bits per heavy atom. The highest BCUT2D eigenvalue weighted by Gasteiger charge is 2.57. The van der Waals surface area contributed by atoms with Crippen molar-refractivity contribution in [2.45, 2.75) is 49.7 Å². The second kappa shape index (κ2) is 5.95. The number of carbonyl (C=O) groups is 2. The molecule has 1 saturated carbocycles. The number of aromatic nitrogens is 2. The molecule has 1 aromatic rings. The van der Waals surface area contributed by atoms with Gasteiger partial charge in [-0.3, -0.25) is 14.5 Å². The molecule has 4 rings (SSSR count). The van der Waals surface area contributed by atoms with Gasteiger partial charge in [0.25, 0.3) is 0 Å². The molecule has 2 unspecified atom stereocenters. The third-order valence-corrected chi connectivity index (χ3v) is 6.54. The summed E-state index contributed by atoms with van der Waals surface area (Å²) in [6.07, 6.45) is 8.95. The molecule has 2 aliphatic heterocycles. The number of fused-ring (bicyclic) bond motifs is 1. The van der Waals surface area contributed by atoms with Crippen LogP contribution in [0.15, 0.2) is 11.4 Å². The third-order valence-electron chi connectivity index (χ3n) is 5.49. The number of nitrogens with zero attached hydrogens (tertiary/aromatic N) is 4. The molecular weight excluding hydrogens is 343 g/mol. The van der Waals surface area contributed by atoms with Crippen LogP contribution in [0.25, 0.3) is 0 Å². The number of carbonyl (C=O) groups excluding carboxylic acids is 2. The average Bonchev–Trinajstić information content (AvgIpc) is 3.21. The van der Waals surface area contributed by atoms with E-state index in [9.17, 15) is 9.59 Å². The van der Waals surface area contributed by atoms with Crippen LogP contribution >= 0.6 is 21.2 Å². The van der Waals surface area contributed by atoms with E-state index in [1.807, 2.05) is 17.4 Å². The molecule has 1 aromatic heterocycles. The summed E-state index contributed by atoms with van der Waals surface area (Å²) in [6, 6.07) is 0.157. The van der Waals surface area contributed by atoms with Crippen molar-refractivity contribution in [1.29, 1.82) is 0 Å². The lowest BCUT2D eigenvalue weighted by Crippen LogP contribution is -2.55. The molecule has 3 heterocycles. The zero-order valence-corrected chi connectivity index (χ0v) is 15.7. The van der Waals surface area contributed by atoms with Gasteiger partial charge in [-0.25, -0.2) is 9.97 Å². The number of thioether (sulfide) groups is 1. The van der Waals surface area contributed by atoms with Crippen molar-refractivity contribution in [3.05, 3.63) is 11.8 Å². The molecule has 1 saturated heterocycles. The van der Waals surface area contributed by atoms with Crippen LogP contribution in [0.4, 0.5) is 5.82 Å². The lowest BCUT2D eigenvalue weighted by molar-refractivity contribution is -0.142. The van der Waals surface area contributed by atoms with Crippen molar-refractivity contribution >= 4 is 38.8 Å². The Hall–Kier alpha value is -1.20. The number of amides is 2. The van der Waals surface area contributed by atoms with Gasteiger partial charge in [0.2, 0.25) is 11.8 Å². The van der Waals surface area contributed by atoms with Crippen molar-refractivity contribution in [3.63, 3.8) is 0 Å². The summed E-state index contributed by atoms with van der Waals surface area (Å²) in [5.74, 6) is 0.592. The van der Waals surface area contributed by atoms with Crippen molar-refractivity contribution in [1.82, 2.24) is 14.6 Å². The zero-order chi connectivity index (χ0) is 16.9. The lowest BCUT2D eigenvalue weighted by atomic mass is 9.76. The first-order valence-electron chi connectivity index (χ1n) is 8.37. The first-order valence-corrected chi connectivity index (χ1v) is 10.1. The standard InChI is InChI=1S/C16H21N4O2PS/c1-24-15-17-9-10-8-16(6-7-19(23)13(16)21)14(22)20(12(10)18-15)11-4-2-3-5-11/h9,11H,2-8,23H2,1H3. The molecular formula is C16H21N4O2PS. The molecule has 2 atom stereocenters. The highest BCUT2D eigenvalue weighted by atomic mass is 32.2. The Labute approximate surface area is 148 Å². The Morgan fingerprint density at radius 1 is 1.29 bits per heavy atom. The van der Waals surface area contributed by atoms with Crippen LogP contribution in [0.1, 0.15) is 37.7 Å². The van der Waals surface area contributed by atoms with Crippen LogP contribution in [0.3, 0.4) is 0 Å². The molecule has 1 spiro atoms. The van der Waals surface area contributed by atoms with E-state index in [2.05, 4.69) is 19.4 Å². The van der Waals surface area contributed by atoms with Crippen LogP contribution in [0.2, 0.25) is 0 Å². The summed E-state index contributed by atoms with van der Waals surface area (Å²) in [5, 5.41) is 0.672. The minimum Gasteiger partial charge on any atom is -0.326 e. The van der Waals surface area contributed by atoms with E-state index in [1.54, 1.807) is 4.67 Å². The molecule has 24 heavy (non-hydrogen) atoms. The van der Waals surface area contributed by atoms with Crippen molar-refractivity contribution in [2.24, 2.45) is 5.41 Å². The van der Waals surface area contributed by atoms with Gasteiger partial charge in [0.05, 0.1) is 0 Å². The minimum atomic E-state index is -0.957. The van der Waals surface area contributed by atoms with Gasteiger partial charge >= 0.3 is 0 Å². The predicted molar refractivity (Wildman–Crippen MR) is 95.7 cm³/mol. The second-order valence-corrected chi connectivity index (χ2v) is 8.22. The van der Waals surface area contributed by atoms with Crippen LogP contribution in [-0.4, -0.2) is 45.3 Å². The van der Waals surface area contributed by atoms with Gasteiger partial charge < -0.3 is 4.67 Å². The van der Waals surface area contributed by atoms with Gasteiger partial charge in [-0.1, -0.05) is 24.6 Å². The summed E-state index contributed by atoms with van der Waals surface area (Å²) in [4.78, 5) is 37.1. The Kier molecular flexibility index (Phi) is 4.04. The van der Waals surface area contributed by atoms with Crippen LogP contribution in [-0.2, 0) is 16.0 Å². The maximum atomic E-state index is 13.5. The summed E-state index contributed by atoms with van der Waals surface area (Å²) < 4.78 is 1.60. The molecule has 8 heteroatoms. The summed E-state index contributed by atoms with van der Waals surface area (Å²) in [7, 11) is 2.45. The fraction of sp³-hybridized carbons (Fsp3) is 0.625. The topological polar surface area (TPSA) is 66.4 Å². The predicted octanol–water partition coefficient (Wildman–Crippen LogP) is 2.04. The van der Waals surface area contributed by atoms with E-state index in [0.717, 1.165) is 37.1 Å². The van der Waals surface area contributed by atoms with E-state index in [4.69, 9.17) is 0 Å². The summed E-state index contributed by atoms with van der Waals surface area (Å²) in [6.45, 7) is 0.604. The van der Waals surface area contributed by atoms with Gasteiger partial charge in [-0.05, 0) is 34.9 Å². The average molecular weight is 364 g/mol. The van der Waals surface area contributed by atoms with E-state index < -0.39 is 5.41 Å². The van der Waals surface area contributed by atoms with E-state index >= 15 is 0 Å². The minimum absolute atomic E-state index is 0.0531. The Balaban J connectivity index is 1.84. The second-order valence-electron chi connectivity index (χ2n) is 6.83. The van der Waals surface area contributed by atoms with E-state index in [-0.39, 0.29) is 17.9 Å². The van der Waals surface area contributed by atoms with E-state index in [0.29, 0.717) is 24.5 Å². The maximum Gasteiger partial charge on any atom is 0.244 e.